The molecule has 0 aliphatic rings. The van der Waals surface area contributed by atoms with Crippen LogP contribution in [0.1, 0.15) is 15.9 Å². The molecule has 1 amide bonds. The minimum absolute atomic E-state index is 0.175. The Hall–Kier alpha value is -3.28. The summed E-state index contributed by atoms with van der Waals surface area (Å²) < 4.78 is 10.4. The maximum atomic E-state index is 12.5. The van der Waals surface area contributed by atoms with Crippen LogP contribution in [-0.2, 0) is 0 Å². The molecule has 3 aromatic rings. The molecule has 0 radical (unpaired) electrons. The number of ether oxygens (including phenoxy) is 2. The van der Waals surface area contributed by atoms with Crippen molar-refractivity contribution in [2.24, 2.45) is 0 Å². The maximum absolute atomic E-state index is 12.5. The first-order valence-electron chi connectivity index (χ1n) is 7.68. The summed E-state index contributed by atoms with van der Waals surface area (Å²) in [5.41, 5.74) is 2.38. The molecule has 0 bridgehead atoms. The molecule has 0 saturated heterocycles. The number of hydrogen-bond donors (Lipinski definition) is 2. The van der Waals surface area contributed by atoms with Crippen molar-refractivity contribution in [1.82, 2.24) is 4.98 Å². The zero-order valence-corrected chi connectivity index (χ0v) is 14.2. The SMILES string of the molecule is COc1cc(OC)cc(C(=O)Nc2ccc3c(C)cc(=O)[nH]c3c2)c1. The zero-order valence-electron chi connectivity index (χ0n) is 14.2. The third-order valence-corrected chi connectivity index (χ3v) is 3.92. The average molecular weight is 338 g/mol. The number of aromatic amines is 1. The summed E-state index contributed by atoms with van der Waals surface area (Å²) >= 11 is 0. The van der Waals surface area contributed by atoms with E-state index in [0.29, 0.717) is 28.3 Å². The van der Waals surface area contributed by atoms with E-state index in [-0.39, 0.29) is 11.5 Å². The van der Waals surface area contributed by atoms with Gasteiger partial charge in [0.15, 0.2) is 0 Å². The number of nitrogens with one attached hydrogen (secondary N) is 2. The Balaban J connectivity index is 1.93. The van der Waals surface area contributed by atoms with Gasteiger partial charge in [-0.25, -0.2) is 0 Å². The van der Waals surface area contributed by atoms with Crippen LogP contribution >= 0.6 is 0 Å². The third-order valence-electron chi connectivity index (χ3n) is 3.92. The number of methoxy groups -OCH3 is 2. The van der Waals surface area contributed by atoms with E-state index in [0.717, 1.165) is 10.9 Å². The lowest BCUT2D eigenvalue weighted by molar-refractivity contribution is 0.102. The van der Waals surface area contributed by atoms with Gasteiger partial charge in [0, 0.05) is 28.8 Å². The van der Waals surface area contributed by atoms with Gasteiger partial charge in [-0.15, -0.1) is 0 Å². The minimum Gasteiger partial charge on any atom is -0.497 e. The molecule has 25 heavy (non-hydrogen) atoms. The summed E-state index contributed by atoms with van der Waals surface area (Å²) in [7, 11) is 3.05. The Morgan fingerprint density at radius 1 is 1.00 bits per heavy atom. The number of aryl methyl sites for hydroxylation is 1. The van der Waals surface area contributed by atoms with Crippen LogP contribution in [0.5, 0.6) is 11.5 Å². The lowest BCUT2D eigenvalue weighted by Gasteiger charge is -2.10. The van der Waals surface area contributed by atoms with Gasteiger partial charge in [-0.1, -0.05) is 6.07 Å². The van der Waals surface area contributed by atoms with E-state index >= 15 is 0 Å². The van der Waals surface area contributed by atoms with Gasteiger partial charge in [0.05, 0.1) is 19.7 Å². The van der Waals surface area contributed by atoms with Crippen molar-refractivity contribution >= 4 is 22.5 Å². The number of pyridine rings is 1. The quantitative estimate of drug-likeness (QED) is 0.766. The molecule has 0 aliphatic carbocycles. The van der Waals surface area contributed by atoms with Crippen LogP contribution in [0, 0.1) is 6.92 Å². The second-order valence-corrected chi connectivity index (χ2v) is 5.63. The Kier molecular flexibility index (Phi) is 4.43. The molecule has 0 atom stereocenters. The second-order valence-electron chi connectivity index (χ2n) is 5.63. The summed E-state index contributed by atoms with van der Waals surface area (Å²) in [6.45, 7) is 1.87. The predicted octanol–water partition coefficient (Wildman–Crippen LogP) is 3.11. The van der Waals surface area contributed by atoms with Crippen LogP contribution in [0.4, 0.5) is 5.69 Å². The van der Waals surface area contributed by atoms with Crippen LogP contribution in [0.15, 0.2) is 47.3 Å². The highest BCUT2D eigenvalue weighted by Gasteiger charge is 2.11. The standard InChI is InChI=1S/C19H18N2O4/c1-11-6-18(22)21-17-9-13(4-5-16(11)17)20-19(23)12-7-14(24-2)10-15(8-12)25-3/h4-10H,1-3H3,(H,20,23)(H,21,22). The van der Waals surface area contributed by atoms with Crippen LogP contribution in [0.25, 0.3) is 10.9 Å². The maximum Gasteiger partial charge on any atom is 0.255 e. The number of hydrogen-bond acceptors (Lipinski definition) is 4. The number of anilines is 1. The predicted molar refractivity (Wildman–Crippen MR) is 96.8 cm³/mol. The molecule has 0 unspecified atom stereocenters. The van der Waals surface area contributed by atoms with Crippen molar-refractivity contribution in [3.63, 3.8) is 0 Å². The minimum atomic E-state index is -0.299. The van der Waals surface area contributed by atoms with Crippen LogP contribution in [-0.4, -0.2) is 25.1 Å². The van der Waals surface area contributed by atoms with Crippen LogP contribution < -0.4 is 20.3 Å². The Bertz CT molecular complexity index is 986. The Morgan fingerprint density at radius 3 is 2.32 bits per heavy atom. The Morgan fingerprint density at radius 2 is 1.68 bits per heavy atom. The van der Waals surface area contributed by atoms with E-state index in [1.54, 1.807) is 36.4 Å². The molecule has 3 rings (SSSR count). The van der Waals surface area contributed by atoms with Crippen LogP contribution in [0.3, 0.4) is 0 Å². The monoisotopic (exact) mass is 338 g/mol. The van der Waals surface area contributed by atoms with Gasteiger partial charge in [0.2, 0.25) is 5.56 Å². The summed E-state index contributed by atoms with van der Waals surface area (Å²) in [5, 5.41) is 3.75. The van der Waals surface area contributed by atoms with Crippen LogP contribution in [0.2, 0.25) is 0 Å². The van der Waals surface area contributed by atoms with E-state index in [1.165, 1.54) is 14.2 Å². The van der Waals surface area contributed by atoms with Gasteiger partial charge in [-0.3, -0.25) is 9.59 Å². The highest BCUT2D eigenvalue weighted by atomic mass is 16.5. The summed E-state index contributed by atoms with van der Waals surface area (Å²) in [4.78, 5) is 26.9. The first-order valence-corrected chi connectivity index (χ1v) is 7.68. The number of aromatic nitrogens is 1. The molecule has 2 aromatic carbocycles. The first kappa shape index (κ1) is 16.6. The molecule has 6 heteroatoms. The van der Waals surface area contributed by atoms with Crippen molar-refractivity contribution in [1.29, 1.82) is 0 Å². The van der Waals surface area contributed by atoms with Gasteiger partial charge >= 0.3 is 0 Å². The van der Waals surface area contributed by atoms with Gasteiger partial charge in [-0.05, 0) is 36.8 Å². The van der Waals surface area contributed by atoms with Gasteiger partial charge < -0.3 is 19.8 Å². The molecular formula is C19H18N2O4. The normalized spacial score (nSPS) is 10.5. The van der Waals surface area contributed by atoms with Gasteiger partial charge in [-0.2, -0.15) is 0 Å². The van der Waals surface area contributed by atoms with Gasteiger partial charge in [0.1, 0.15) is 11.5 Å². The highest BCUT2D eigenvalue weighted by Crippen LogP contribution is 2.24. The molecule has 128 valence electrons. The molecule has 0 fully saturated rings. The third kappa shape index (κ3) is 3.47. The summed E-state index contributed by atoms with van der Waals surface area (Å²) in [6, 6.07) is 11.9. The van der Waals surface area contributed by atoms with E-state index in [2.05, 4.69) is 10.3 Å². The smallest absolute Gasteiger partial charge is 0.255 e. The first-order chi connectivity index (χ1) is 12.0. The average Bonchev–Trinajstić information content (AvgIpc) is 2.60. The van der Waals surface area contributed by atoms with Crippen molar-refractivity contribution in [3.05, 3.63) is 63.9 Å². The lowest BCUT2D eigenvalue weighted by Crippen LogP contribution is -2.12. The number of benzene rings is 2. The number of H-pyrrole nitrogens is 1. The fourth-order valence-corrected chi connectivity index (χ4v) is 2.65. The number of carbonyl (C=O) groups excluding carboxylic acids is 1. The number of amides is 1. The zero-order chi connectivity index (χ0) is 18.0. The van der Waals surface area contributed by atoms with Crippen molar-refractivity contribution in [2.45, 2.75) is 6.92 Å². The summed E-state index contributed by atoms with van der Waals surface area (Å²) in [5.74, 6) is 0.762. The molecule has 0 saturated carbocycles. The number of fused-ring (bicyclic) bond motifs is 1. The van der Waals surface area contributed by atoms with E-state index in [1.807, 2.05) is 13.0 Å². The number of rotatable bonds is 4. The molecule has 0 spiro atoms. The molecular weight excluding hydrogens is 320 g/mol. The topological polar surface area (TPSA) is 80.4 Å². The lowest BCUT2D eigenvalue weighted by atomic mass is 10.1. The van der Waals surface area contributed by atoms with Crippen molar-refractivity contribution < 1.29 is 14.3 Å². The molecule has 1 aromatic heterocycles. The van der Waals surface area contributed by atoms with E-state index in [9.17, 15) is 9.59 Å². The molecule has 0 aliphatic heterocycles. The molecule has 1 heterocycles. The highest BCUT2D eigenvalue weighted by molar-refractivity contribution is 6.05. The van der Waals surface area contributed by atoms with Crippen molar-refractivity contribution in [3.8, 4) is 11.5 Å². The fourth-order valence-electron chi connectivity index (χ4n) is 2.65. The number of carbonyl (C=O) groups is 1. The van der Waals surface area contributed by atoms with Crippen molar-refractivity contribution in [2.75, 3.05) is 19.5 Å². The fraction of sp³-hybridized carbons (Fsp3) is 0.158. The van der Waals surface area contributed by atoms with E-state index < -0.39 is 0 Å². The largest absolute Gasteiger partial charge is 0.497 e. The molecule has 6 nitrogen and oxygen atoms in total. The Labute approximate surface area is 144 Å². The molecule has 2 N–H and O–H groups in total. The van der Waals surface area contributed by atoms with E-state index in [4.69, 9.17) is 9.47 Å². The summed E-state index contributed by atoms with van der Waals surface area (Å²) in [6.07, 6.45) is 0. The second kappa shape index (κ2) is 6.68. The van der Waals surface area contributed by atoms with Gasteiger partial charge in [0.25, 0.3) is 5.91 Å².